The molecule has 2 aromatic rings. The fourth-order valence-corrected chi connectivity index (χ4v) is 2.88. The second-order valence-corrected chi connectivity index (χ2v) is 5.48. The lowest BCUT2D eigenvalue weighted by Crippen LogP contribution is -2.41. The second kappa shape index (κ2) is 6.27. The number of aromatic nitrogens is 4. The Morgan fingerprint density at radius 3 is 2.91 bits per heavy atom. The third kappa shape index (κ3) is 2.74. The first-order chi connectivity index (χ1) is 10.7. The first-order valence-electron chi connectivity index (χ1n) is 7.47. The van der Waals surface area contributed by atoms with Crippen LogP contribution in [-0.4, -0.2) is 57.0 Å². The number of piperidine rings is 1. The van der Waals surface area contributed by atoms with Crippen LogP contribution in [0.15, 0.2) is 12.5 Å². The lowest BCUT2D eigenvalue weighted by atomic mass is 9.96. The lowest BCUT2D eigenvalue weighted by Gasteiger charge is -2.32. The van der Waals surface area contributed by atoms with Crippen LogP contribution in [0.3, 0.4) is 0 Å². The van der Waals surface area contributed by atoms with Crippen molar-refractivity contribution in [3.05, 3.63) is 12.5 Å². The zero-order valence-electron chi connectivity index (χ0n) is 12.6. The number of hydrogen-bond acceptors (Lipinski definition) is 6. The molecule has 1 fully saturated rings. The standard InChI is InChI=1S/C14H20N6O2/c1-19-12-11(8-18-19)13(17-9-16-12)20-5-2-10(3-6-20)14(22)15-4-7-21/h8-10,21H,2-7H2,1H3,(H,15,22). The summed E-state index contributed by atoms with van der Waals surface area (Å²) in [5.74, 6) is 0.921. The van der Waals surface area contributed by atoms with E-state index in [4.69, 9.17) is 5.11 Å². The molecular formula is C14H20N6O2. The van der Waals surface area contributed by atoms with E-state index in [9.17, 15) is 4.79 Å². The number of carbonyl (C=O) groups is 1. The molecule has 3 rings (SSSR count). The van der Waals surface area contributed by atoms with E-state index in [2.05, 4.69) is 25.3 Å². The van der Waals surface area contributed by atoms with Crippen molar-refractivity contribution in [1.82, 2.24) is 25.1 Å². The van der Waals surface area contributed by atoms with Gasteiger partial charge in [0.15, 0.2) is 5.65 Å². The van der Waals surface area contributed by atoms with Crippen molar-refractivity contribution in [2.45, 2.75) is 12.8 Å². The van der Waals surface area contributed by atoms with E-state index in [-0.39, 0.29) is 18.4 Å². The molecule has 0 saturated carbocycles. The summed E-state index contributed by atoms with van der Waals surface area (Å²) < 4.78 is 1.73. The fourth-order valence-electron chi connectivity index (χ4n) is 2.88. The van der Waals surface area contributed by atoms with Crippen LogP contribution in [0.2, 0.25) is 0 Å². The van der Waals surface area contributed by atoms with E-state index in [1.54, 1.807) is 17.2 Å². The number of anilines is 1. The Morgan fingerprint density at radius 1 is 1.41 bits per heavy atom. The van der Waals surface area contributed by atoms with Gasteiger partial charge in [0.1, 0.15) is 12.1 Å². The predicted octanol–water partition coefficient (Wildman–Crippen LogP) is -0.312. The van der Waals surface area contributed by atoms with Gasteiger partial charge in [0.05, 0.1) is 18.2 Å². The molecule has 8 heteroatoms. The number of amides is 1. The van der Waals surface area contributed by atoms with Crippen LogP contribution in [0.4, 0.5) is 5.82 Å². The molecule has 0 unspecified atom stereocenters. The molecular weight excluding hydrogens is 284 g/mol. The van der Waals surface area contributed by atoms with Gasteiger partial charge in [0.2, 0.25) is 5.91 Å². The van der Waals surface area contributed by atoms with Gasteiger partial charge in [0, 0.05) is 32.6 Å². The molecule has 1 amide bonds. The summed E-state index contributed by atoms with van der Waals surface area (Å²) in [5, 5.41) is 16.7. The largest absolute Gasteiger partial charge is 0.395 e. The number of carbonyl (C=O) groups excluding carboxylic acids is 1. The van der Waals surface area contributed by atoms with Crippen molar-refractivity contribution < 1.29 is 9.90 Å². The first kappa shape index (κ1) is 14.7. The van der Waals surface area contributed by atoms with Gasteiger partial charge in [-0.2, -0.15) is 5.10 Å². The Hall–Kier alpha value is -2.22. The Kier molecular flexibility index (Phi) is 4.19. The van der Waals surface area contributed by atoms with Gasteiger partial charge in [-0.3, -0.25) is 9.48 Å². The normalized spacial score (nSPS) is 16.2. The highest BCUT2D eigenvalue weighted by Crippen LogP contribution is 2.27. The molecule has 1 aliphatic rings. The fraction of sp³-hybridized carbons (Fsp3) is 0.571. The number of hydrogen-bond donors (Lipinski definition) is 2. The van der Waals surface area contributed by atoms with Crippen molar-refractivity contribution in [3.8, 4) is 0 Å². The summed E-state index contributed by atoms with van der Waals surface area (Å²) in [4.78, 5) is 22.8. The monoisotopic (exact) mass is 304 g/mol. The smallest absolute Gasteiger partial charge is 0.223 e. The minimum absolute atomic E-state index is 0.00836. The van der Waals surface area contributed by atoms with Gasteiger partial charge in [-0.05, 0) is 12.8 Å². The summed E-state index contributed by atoms with van der Waals surface area (Å²) in [6.45, 7) is 1.85. The van der Waals surface area contributed by atoms with Crippen LogP contribution >= 0.6 is 0 Å². The van der Waals surface area contributed by atoms with Crippen LogP contribution < -0.4 is 10.2 Å². The molecule has 1 saturated heterocycles. The average molecular weight is 304 g/mol. The van der Waals surface area contributed by atoms with Gasteiger partial charge >= 0.3 is 0 Å². The van der Waals surface area contributed by atoms with Crippen molar-refractivity contribution in [2.24, 2.45) is 13.0 Å². The van der Waals surface area contributed by atoms with Crippen LogP contribution in [-0.2, 0) is 11.8 Å². The molecule has 118 valence electrons. The van der Waals surface area contributed by atoms with E-state index in [0.717, 1.165) is 42.8 Å². The van der Waals surface area contributed by atoms with Gasteiger partial charge in [-0.1, -0.05) is 0 Å². The molecule has 1 aliphatic heterocycles. The molecule has 0 spiro atoms. The van der Waals surface area contributed by atoms with Crippen LogP contribution in [0.5, 0.6) is 0 Å². The highest BCUT2D eigenvalue weighted by molar-refractivity contribution is 5.87. The summed E-state index contributed by atoms with van der Waals surface area (Å²) in [5.41, 5.74) is 0.813. The number of nitrogens with zero attached hydrogens (tertiary/aromatic N) is 5. The molecule has 0 bridgehead atoms. The number of aryl methyl sites for hydroxylation is 1. The maximum atomic E-state index is 11.9. The van der Waals surface area contributed by atoms with Crippen LogP contribution in [0, 0.1) is 5.92 Å². The Balaban J connectivity index is 1.69. The molecule has 0 atom stereocenters. The summed E-state index contributed by atoms with van der Waals surface area (Å²) >= 11 is 0. The third-order valence-electron chi connectivity index (χ3n) is 4.08. The van der Waals surface area contributed by atoms with E-state index in [1.807, 2.05) is 7.05 Å². The molecule has 2 N–H and O–H groups in total. The van der Waals surface area contributed by atoms with Crippen molar-refractivity contribution in [3.63, 3.8) is 0 Å². The van der Waals surface area contributed by atoms with Gasteiger partial charge in [-0.25, -0.2) is 9.97 Å². The van der Waals surface area contributed by atoms with E-state index >= 15 is 0 Å². The molecule has 0 radical (unpaired) electrons. The lowest BCUT2D eigenvalue weighted by molar-refractivity contribution is -0.125. The topological polar surface area (TPSA) is 96.2 Å². The Bertz CT molecular complexity index is 662. The molecule has 3 heterocycles. The second-order valence-electron chi connectivity index (χ2n) is 5.48. The third-order valence-corrected chi connectivity index (χ3v) is 4.08. The predicted molar refractivity (Wildman–Crippen MR) is 81.3 cm³/mol. The molecule has 0 aromatic carbocycles. The van der Waals surface area contributed by atoms with Crippen molar-refractivity contribution >= 4 is 22.8 Å². The molecule has 0 aliphatic carbocycles. The van der Waals surface area contributed by atoms with Crippen molar-refractivity contribution in [2.75, 3.05) is 31.1 Å². The van der Waals surface area contributed by atoms with Crippen LogP contribution in [0.25, 0.3) is 11.0 Å². The van der Waals surface area contributed by atoms with Gasteiger partial charge in [0.25, 0.3) is 0 Å². The maximum absolute atomic E-state index is 11.9. The molecule has 22 heavy (non-hydrogen) atoms. The maximum Gasteiger partial charge on any atom is 0.223 e. The van der Waals surface area contributed by atoms with E-state index in [0.29, 0.717) is 6.54 Å². The zero-order valence-corrected chi connectivity index (χ0v) is 12.6. The molecule has 2 aromatic heterocycles. The Morgan fingerprint density at radius 2 is 2.18 bits per heavy atom. The average Bonchev–Trinajstić information content (AvgIpc) is 2.94. The summed E-state index contributed by atoms with van der Waals surface area (Å²) in [6, 6.07) is 0. The first-order valence-corrected chi connectivity index (χ1v) is 7.47. The number of fused-ring (bicyclic) bond motifs is 1. The molecule has 8 nitrogen and oxygen atoms in total. The SMILES string of the molecule is Cn1ncc2c(N3CCC(C(=O)NCCO)CC3)ncnc21. The number of nitrogens with one attached hydrogen (secondary N) is 1. The zero-order chi connectivity index (χ0) is 15.5. The summed E-state index contributed by atoms with van der Waals surface area (Å²) in [6.07, 6.45) is 4.90. The minimum Gasteiger partial charge on any atom is -0.395 e. The number of aliphatic hydroxyl groups excluding tert-OH is 1. The Labute approximate surface area is 128 Å². The van der Waals surface area contributed by atoms with E-state index in [1.165, 1.54) is 0 Å². The van der Waals surface area contributed by atoms with E-state index < -0.39 is 0 Å². The number of aliphatic hydroxyl groups is 1. The highest BCUT2D eigenvalue weighted by atomic mass is 16.3. The highest BCUT2D eigenvalue weighted by Gasteiger charge is 2.26. The van der Waals surface area contributed by atoms with Crippen molar-refractivity contribution in [1.29, 1.82) is 0 Å². The quantitative estimate of drug-likeness (QED) is 0.804. The summed E-state index contributed by atoms with van der Waals surface area (Å²) in [7, 11) is 1.86. The van der Waals surface area contributed by atoms with Crippen LogP contribution in [0.1, 0.15) is 12.8 Å². The van der Waals surface area contributed by atoms with Gasteiger partial charge < -0.3 is 15.3 Å². The van der Waals surface area contributed by atoms with Gasteiger partial charge in [-0.15, -0.1) is 0 Å². The minimum atomic E-state index is -0.0233. The number of rotatable bonds is 4.